The van der Waals surface area contributed by atoms with Crippen molar-refractivity contribution in [3.63, 3.8) is 0 Å². The quantitative estimate of drug-likeness (QED) is 0.136. The molecule has 13 nitrogen and oxygen atoms in total. The minimum absolute atomic E-state index is 0.0342. The van der Waals surface area contributed by atoms with Gasteiger partial charge in [-0.1, -0.05) is 12.1 Å². The average Bonchev–Trinajstić information content (AvgIpc) is 3.54. The highest BCUT2D eigenvalue weighted by Crippen LogP contribution is 2.41. The van der Waals surface area contributed by atoms with Crippen LogP contribution in [0.5, 0.6) is 5.75 Å². The van der Waals surface area contributed by atoms with Gasteiger partial charge in [-0.2, -0.15) is 5.10 Å². The maximum absolute atomic E-state index is 12.5. The molecule has 2 aromatic heterocycles. The van der Waals surface area contributed by atoms with E-state index in [4.69, 9.17) is 9.72 Å². The SMILES string of the molecule is C[C@H]1CN(c2cc(-c3n[nH]c4ccc(OC5(C)CC5)cc34)ncn2)CCN1CC1CCN(CCCNc2cccc3c2CN(C2CCC(=O)NC2=O)C3)CC1. The van der Waals surface area contributed by atoms with Crippen LogP contribution in [-0.2, 0) is 22.7 Å². The number of ether oxygens (including phenoxy) is 1. The summed E-state index contributed by atoms with van der Waals surface area (Å²) in [7, 11) is 0. The first-order valence-corrected chi connectivity index (χ1v) is 20.4. The second-order valence-corrected chi connectivity index (χ2v) is 16.8. The number of piperazine rings is 1. The van der Waals surface area contributed by atoms with Gasteiger partial charge in [0.25, 0.3) is 0 Å². The molecule has 1 aliphatic carbocycles. The van der Waals surface area contributed by atoms with Crippen molar-refractivity contribution in [1.29, 1.82) is 0 Å². The van der Waals surface area contributed by atoms with Crippen molar-refractivity contribution in [2.45, 2.75) is 89.6 Å². The number of H-pyrrole nitrogens is 1. The van der Waals surface area contributed by atoms with E-state index in [1.54, 1.807) is 6.33 Å². The minimum atomic E-state index is -0.229. The lowest BCUT2D eigenvalue weighted by molar-refractivity contribution is -0.137. The molecule has 2 atom stereocenters. The Morgan fingerprint density at radius 3 is 2.69 bits per heavy atom. The number of fused-ring (bicyclic) bond motifs is 2. The second-order valence-electron chi connectivity index (χ2n) is 16.8. The van der Waals surface area contributed by atoms with Gasteiger partial charge in [0.1, 0.15) is 29.2 Å². The number of amides is 2. The Kier molecular flexibility index (Phi) is 9.94. The summed E-state index contributed by atoms with van der Waals surface area (Å²) in [6.45, 7) is 14.5. The van der Waals surface area contributed by atoms with Gasteiger partial charge in [0.2, 0.25) is 11.8 Å². The molecule has 1 unspecified atom stereocenters. The highest BCUT2D eigenvalue weighted by molar-refractivity contribution is 6.00. The summed E-state index contributed by atoms with van der Waals surface area (Å²) in [6, 6.07) is 14.9. The lowest BCUT2D eigenvalue weighted by atomic mass is 9.95. The van der Waals surface area contributed by atoms with Crippen LogP contribution >= 0.6 is 0 Å². The zero-order valence-electron chi connectivity index (χ0n) is 32.2. The number of nitrogens with one attached hydrogen (secondary N) is 3. The Labute approximate surface area is 323 Å². The lowest BCUT2D eigenvalue weighted by Crippen LogP contribution is -2.54. The van der Waals surface area contributed by atoms with E-state index in [0.29, 0.717) is 18.9 Å². The fourth-order valence-corrected chi connectivity index (χ4v) is 9.05. The maximum Gasteiger partial charge on any atom is 0.243 e. The first-order valence-electron chi connectivity index (χ1n) is 20.4. The van der Waals surface area contributed by atoms with Crippen molar-refractivity contribution in [2.24, 2.45) is 5.92 Å². The molecule has 9 rings (SSSR count). The molecule has 0 bridgehead atoms. The van der Waals surface area contributed by atoms with E-state index in [1.165, 1.54) is 42.7 Å². The Bertz CT molecular complexity index is 2040. The molecule has 0 radical (unpaired) electrons. The Morgan fingerprint density at radius 2 is 1.87 bits per heavy atom. The van der Waals surface area contributed by atoms with Gasteiger partial charge in [-0.25, -0.2) is 9.97 Å². The number of rotatable bonds is 12. The number of nitrogens with zero attached hydrogens (tertiary/aromatic N) is 7. The Morgan fingerprint density at radius 1 is 1.00 bits per heavy atom. The molecule has 5 aliphatic rings. The molecule has 290 valence electrons. The second kappa shape index (κ2) is 15.2. The lowest BCUT2D eigenvalue weighted by Gasteiger charge is -2.43. The van der Waals surface area contributed by atoms with E-state index in [0.717, 1.165) is 111 Å². The van der Waals surface area contributed by atoms with Gasteiger partial charge in [-0.05, 0) is 113 Å². The van der Waals surface area contributed by atoms with Crippen LogP contribution < -0.4 is 20.3 Å². The van der Waals surface area contributed by atoms with Crippen molar-refractivity contribution >= 4 is 34.2 Å². The van der Waals surface area contributed by atoms with Gasteiger partial charge >= 0.3 is 0 Å². The van der Waals surface area contributed by atoms with Crippen LogP contribution in [-0.4, -0.2) is 117 Å². The summed E-state index contributed by atoms with van der Waals surface area (Å²) in [6.07, 6.45) is 8.48. The van der Waals surface area contributed by atoms with E-state index in [1.807, 2.05) is 12.1 Å². The van der Waals surface area contributed by atoms with Crippen LogP contribution in [0.2, 0.25) is 0 Å². The molecule has 1 saturated carbocycles. The van der Waals surface area contributed by atoms with Crippen LogP contribution in [0, 0.1) is 5.92 Å². The molecule has 4 aliphatic heterocycles. The smallest absolute Gasteiger partial charge is 0.243 e. The summed E-state index contributed by atoms with van der Waals surface area (Å²) in [5, 5.41) is 15.1. The molecule has 2 amide bonds. The highest BCUT2D eigenvalue weighted by atomic mass is 16.5. The van der Waals surface area contributed by atoms with Crippen molar-refractivity contribution in [1.82, 2.24) is 40.2 Å². The molecule has 3 N–H and O–H groups in total. The molecule has 4 aromatic rings. The van der Waals surface area contributed by atoms with Crippen LogP contribution in [0.4, 0.5) is 11.5 Å². The fourth-order valence-electron chi connectivity index (χ4n) is 9.05. The molecule has 0 spiro atoms. The predicted octanol–water partition coefficient (Wildman–Crippen LogP) is 4.80. The van der Waals surface area contributed by atoms with Gasteiger partial charge in [0, 0.05) is 75.4 Å². The molecule has 3 saturated heterocycles. The number of aromatic nitrogens is 4. The number of anilines is 2. The summed E-state index contributed by atoms with van der Waals surface area (Å²) in [5.41, 5.74) is 6.34. The van der Waals surface area contributed by atoms with E-state index < -0.39 is 0 Å². The number of carbonyl (C=O) groups excluding carboxylic acids is 2. The van der Waals surface area contributed by atoms with E-state index in [-0.39, 0.29) is 23.5 Å². The molecule has 6 heterocycles. The van der Waals surface area contributed by atoms with E-state index >= 15 is 0 Å². The normalized spacial score (nSPS) is 23.6. The van der Waals surface area contributed by atoms with Gasteiger partial charge in [-0.3, -0.25) is 29.8 Å². The zero-order chi connectivity index (χ0) is 37.5. The number of carbonyl (C=O) groups is 2. The topological polar surface area (TPSA) is 135 Å². The number of aromatic amines is 1. The van der Waals surface area contributed by atoms with Crippen molar-refractivity contribution in [2.75, 3.05) is 62.6 Å². The van der Waals surface area contributed by atoms with Crippen molar-refractivity contribution in [3.8, 4) is 17.1 Å². The number of likely N-dealkylation sites (tertiary alicyclic amines) is 1. The molecule has 55 heavy (non-hydrogen) atoms. The number of hydrogen-bond donors (Lipinski definition) is 3. The highest BCUT2D eigenvalue weighted by Gasteiger charge is 2.40. The third-order valence-electron chi connectivity index (χ3n) is 12.7. The third-order valence-corrected chi connectivity index (χ3v) is 12.7. The molecule has 2 aromatic carbocycles. The number of piperidine rings is 2. The number of imide groups is 1. The van der Waals surface area contributed by atoms with Crippen molar-refractivity contribution < 1.29 is 14.3 Å². The summed E-state index contributed by atoms with van der Waals surface area (Å²) in [5.74, 6) is 2.25. The average molecular weight is 747 g/mol. The third kappa shape index (κ3) is 7.92. The van der Waals surface area contributed by atoms with Crippen molar-refractivity contribution in [3.05, 3.63) is 59.9 Å². The van der Waals surface area contributed by atoms with Gasteiger partial charge in [-0.15, -0.1) is 0 Å². The standard InChI is InChI=1S/C42H54N10O3/c1-28-23-51(38-22-36(44-27-45-38)40-32-21-31(55-42(2)13-14-42)7-8-35(32)47-48-40)20-19-50(28)24-29-11-17-49(18-12-29)16-4-15-43-34-6-3-5-30-25-52(26-33(30)34)37-9-10-39(53)46-41(37)54/h3,5-8,21-22,27-29,37,43H,4,9-20,23-26H2,1-2H3,(H,47,48)(H,46,53,54)/t28-,37?/m0/s1. The van der Waals surface area contributed by atoms with Crippen LogP contribution in [0.25, 0.3) is 22.3 Å². The first kappa shape index (κ1) is 36.1. The fraction of sp³-hybridized carbons (Fsp3) is 0.548. The summed E-state index contributed by atoms with van der Waals surface area (Å²) < 4.78 is 6.24. The largest absolute Gasteiger partial charge is 0.488 e. The summed E-state index contributed by atoms with van der Waals surface area (Å²) >= 11 is 0. The number of benzene rings is 2. The van der Waals surface area contributed by atoms with Crippen LogP contribution in [0.3, 0.4) is 0 Å². The molecular formula is C42H54N10O3. The zero-order valence-corrected chi connectivity index (χ0v) is 32.2. The van der Waals surface area contributed by atoms with E-state index in [9.17, 15) is 9.59 Å². The van der Waals surface area contributed by atoms with Crippen LogP contribution in [0.1, 0.15) is 69.9 Å². The summed E-state index contributed by atoms with van der Waals surface area (Å²) in [4.78, 5) is 43.4. The maximum atomic E-state index is 12.5. The minimum Gasteiger partial charge on any atom is -0.488 e. The Hall–Kier alpha value is -4.59. The van der Waals surface area contributed by atoms with Crippen LogP contribution in [0.15, 0.2) is 48.8 Å². The van der Waals surface area contributed by atoms with Gasteiger partial charge in [0.15, 0.2) is 0 Å². The van der Waals surface area contributed by atoms with Gasteiger partial charge in [0.05, 0.1) is 17.3 Å². The molecule has 4 fully saturated rings. The molecule has 13 heteroatoms. The monoisotopic (exact) mass is 746 g/mol. The molecular weight excluding hydrogens is 693 g/mol. The first-order chi connectivity index (χ1) is 26.8. The number of hydrogen-bond acceptors (Lipinski definition) is 11. The van der Waals surface area contributed by atoms with E-state index in [2.05, 4.69) is 89.6 Å². The predicted molar refractivity (Wildman–Crippen MR) is 213 cm³/mol. The van der Waals surface area contributed by atoms with Gasteiger partial charge < -0.3 is 19.9 Å². The Balaban J connectivity index is 0.715.